The van der Waals surface area contributed by atoms with Gasteiger partial charge in [-0.2, -0.15) is 9.78 Å². The minimum absolute atomic E-state index is 0.153. The molecular weight excluding hydrogens is 494 g/mol. The summed E-state index contributed by atoms with van der Waals surface area (Å²) in [5.74, 6) is 0. The van der Waals surface area contributed by atoms with Crippen molar-refractivity contribution in [3.63, 3.8) is 0 Å². The largest absolute Gasteiger partial charge is 0.464 e. The average Bonchev–Trinajstić information content (AvgIpc) is 3.42. The minimum atomic E-state index is -1.13. The Morgan fingerprint density at radius 3 is 2.31 bits per heavy atom. The summed E-state index contributed by atoms with van der Waals surface area (Å²) in [6, 6.07) is 9.30. The van der Waals surface area contributed by atoms with Gasteiger partial charge in [0.1, 0.15) is 11.3 Å². The van der Waals surface area contributed by atoms with Crippen molar-refractivity contribution in [2.45, 2.75) is 71.6 Å². The number of benzene rings is 1. The number of aromatic nitrogens is 3. The van der Waals surface area contributed by atoms with Gasteiger partial charge in [0.25, 0.3) is 0 Å². The number of carbonyl (C=O) groups is 2. The molecule has 0 aliphatic carbocycles. The van der Waals surface area contributed by atoms with Crippen LogP contribution in [0, 0.1) is 0 Å². The van der Waals surface area contributed by atoms with E-state index in [4.69, 9.17) is 9.16 Å². The van der Waals surface area contributed by atoms with Crippen LogP contribution in [0.3, 0.4) is 0 Å². The molecule has 0 atom stereocenters. The van der Waals surface area contributed by atoms with Gasteiger partial charge < -0.3 is 14.3 Å². The fourth-order valence-corrected chi connectivity index (χ4v) is 5.73. The molecule has 3 heterocycles. The normalized spacial score (nSPS) is 13.3. The van der Waals surface area contributed by atoms with Crippen molar-refractivity contribution in [3.8, 4) is 11.4 Å². The summed E-state index contributed by atoms with van der Waals surface area (Å²) in [7, 11) is -0.797. The van der Waals surface area contributed by atoms with Crippen LogP contribution >= 0.6 is 11.3 Å². The highest BCUT2D eigenvalue weighted by molar-refractivity contribution is 7.17. The number of ether oxygens (including phenoxy) is 1. The lowest BCUT2D eigenvalue weighted by Gasteiger charge is -2.30. The zero-order chi connectivity index (χ0) is 26.6. The Hall–Kier alpha value is -2.95. The number of fused-ring (bicyclic) bond motifs is 2. The molecule has 0 bridgehead atoms. The predicted molar refractivity (Wildman–Crippen MR) is 146 cm³/mol. The molecule has 1 N–H and O–H groups in total. The van der Waals surface area contributed by atoms with Crippen molar-refractivity contribution in [2.75, 3.05) is 0 Å². The number of hydrogen-bond acceptors (Lipinski definition) is 6. The van der Waals surface area contributed by atoms with Crippen LogP contribution in [0.5, 0.6) is 0 Å². The number of rotatable bonds is 4. The summed E-state index contributed by atoms with van der Waals surface area (Å²) in [4.78, 5) is 25.2. The molecule has 36 heavy (non-hydrogen) atoms. The maximum Gasteiger partial charge on any atom is 0.435 e. The maximum absolute atomic E-state index is 12.8. The highest BCUT2D eigenvalue weighted by atomic mass is 32.1. The lowest BCUT2D eigenvalue weighted by molar-refractivity contribution is 0.0523. The standard InChI is InChI=1S/C26H33N3O5SSi/c1-24(2,3)33-23(32)29-18-11-12-35-21(18)20(27-29)19-14-15-13-16(9-10-17(15)28(19)22(30)31)26(7,8)34-36-25(4,5)6/h9-14H,36H2,1-8H3,(H,30,31). The summed E-state index contributed by atoms with van der Waals surface area (Å²) >= 11 is 1.40. The SMILES string of the molecule is CC(C)(C)OC(=O)n1nc(-c2cc3cc(C(C)(C)O[SiH2]C(C)(C)C)ccc3n2C(=O)O)c2sccc21. The van der Waals surface area contributed by atoms with E-state index in [1.165, 1.54) is 20.6 Å². The summed E-state index contributed by atoms with van der Waals surface area (Å²) in [6.45, 7) is 16.0. The minimum Gasteiger partial charge on any atom is -0.464 e. The molecule has 3 aromatic heterocycles. The smallest absolute Gasteiger partial charge is 0.435 e. The molecule has 10 heteroatoms. The van der Waals surface area contributed by atoms with Crippen LogP contribution in [0.1, 0.15) is 61.0 Å². The van der Waals surface area contributed by atoms with Crippen molar-refractivity contribution >= 4 is 54.4 Å². The van der Waals surface area contributed by atoms with E-state index < -0.39 is 33.2 Å². The van der Waals surface area contributed by atoms with Gasteiger partial charge in [-0.15, -0.1) is 11.3 Å². The van der Waals surface area contributed by atoms with Crippen LogP contribution in [-0.2, 0) is 14.8 Å². The van der Waals surface area contributed by atoms with Crippen molar-refractivity contribution in [3.05, 3.63) is 41.3 Å². The second-order valence-corrected chi connectivity index (χ2v) is 15.3. The van der Waals surface area contributed by atoms with Gasteiger partial charge in [-0.3, -0.25) is 0 Å². The summed E-state index contributed by atoms with van der Waals surface area (Å²) < 4.78 is 15.0. The Morgan fingerprint density at radius 1 is 1.00 bits per heavy atom. The molecule has 1 aromatic carbocycles. The molecule has 4 aromatic rings. The summed E-state index contributed by atoms with van der Waals surface area (Å²) in [5.41, 5.74) is 1.71. The Labute approximate surface area is 216 Å². The maximum atomic E-state index is 12.8. The number of hydrogen-bond donors (Lipinski definition) is 1. The van der Waals surface area contributed by atoms with Gasteiger partial charge in [0, 0.05) is 5.39 Å². The van der Waals surface area contributed by atoms with E-state index >= 15 is 0 Å². The molecule has 0 aliphatic rings. The molecule has 0 aliphatic heterocycles. The molecule has 0 spiro atoms. The van der Waals surface area contributed by atoms with E-state index in [0.29, 0.717) is 27.1 Å². The molecule has 0 saturated heterocycles. The average molecular weight is 528 g/mol. The highest BCUT2D eigenvalue weighted by Crippen LogP contribution is 2.37. The highest BCUT2D eigenvalue weighted by Gasteiger charge is 2.28. The van der Waals surface area contributed by atoms with Gasteiger partial charge in [-0.25, -0.2) is 14.2 Å². The molecule has 8 nitrogen and oxygen atoms in total. The summed E-state index contributed by atoms with van der Waals surface area (Å²) in [5, 5.41) is 17.4. The Balaban J connectivity index is 1.84. The van der Waals surface area contributed by atoms with Crippen molar-refractivity contribution < 1.29 is 23.9 Å². The van der Waals surface area contributed by atoms with Crippen LogP contribution in [-0.4, -0.2) is 47.0 Å². The van der Waals surface area contributed by atoms with Crippen LogP contribution in [0.2, 0.25) is 5.04 Å². The quantitative estimate of drug-likeness (QED) is 0.301. The molecule has 0 unspecified atom stereocenters. The molecule has 0 amide bonds. The van der Waals surface area contributed by atoms with Crippen LogP contribution < -0.4 is 0 Å². The lowest BCUT2D eigenvalue weighted by atomic mass is 9.97. The first-order chi connectivity index (χ1) is 16.6. The second-order valence-electron chi connectivity index (χ2n) is 11.7. The van der Waals surface area contributed by atoms with Crippen LogP contribution in [0.25, 0.3) is 32.5 Å². The zero-order valence-electron chi connectivity index (χ0n) is 22.0. The van der Waals surface area contributed by atoms with Crippen molar-refractivity contribution in [1.82, 2.24) is 14.3 Å². The third-order valence-corrected chi connectivity index (χ3v) is 8.29. The molecule has 0 radical (unpaired) electrons. The number of nitrogens with zero attached hydrogens (tertiary/aromatic N) is 3. The van der Waals surface area contributed by atoms with Gasteiger partial charge in [0.05, 0.1) is 27.0 Å². The molecule has 192 valence electrons. The van der Waals surface area contributed by atoms with Crippen LogP contribution in [0.4, 0.5) is 9.59 Å². The first kappa shape index (κ1) is 26.1. The van der Waals surface area contributed by atoms with Gasteiger partial charge >= 0.3 is 12.2 Å². The topological polar surface area (TPSA) is 95.6 Å². The van der Waals surface area contributed by atoms with E-state index in [0.717, 1.165) is 10.9 Å². The zero-order valence-corrected chi connectivity index (χ0v) is 24.2. The number of thiophene rings is 1. The third-order valence-electron chi connectivity index (χ3n) is 5.65. The van der Waals surface area contributed by atoms with E-state index in [-0.39, 0.29) is 5.04 Å². The first-order valence-corrected chi connectivity index (χ1v) is 14.0. The van der Waals surface area contributed by atoms with Gasteiger partial charge in [-0.05, 0) is 74.9 Å². The molecular formula is C26H33N3O5SSi. The Bertz CT molecular complexity index is 1470. The van der Waals surface area contributed by atoms with E-state index in [2.05, 4.69) is 25.9 Å². The second kappa shape index (κ2) is 8.86. The van der Waals surface area contributed by atoms with Gasteiger partial charge in [0.2, 0.25) is 0 Å². The molecule has 0 saturated carbocycles. The van der Waals surface area contributed by atoms with E-state index in [1.807, 2.05) is 43.5 Å². The van der Waals surface area contributed by atoms with Gasteiger partial charge in [-0.1, -0.05) is 26.8 Å². The summed E-state index contributed by atoms with van der Waals surface area (Å²) in [6.07, 6.45) is -1.74. The monoisotopic (exact) mass is 527 g/mol. The predicted octanol–water partition coefficient (Wildman–Crippen LogP) is 6.58. The fourth-order valence-electron chi connectivity index (χ4n) is 3.91. The lowest BCUT2D eigenvalue weighted by Crippen LogP contribution is -2.27. The Kier molecular flexibility index (Phi) is 6.43. The first-order valence-electron chi connectivity index (χ1n) is 11.8. The fraction of sp³-hybridized carbons (Fsp3) is 0.423. The van der Waals surface area contributed by atoms with Crippen molar-refractivity contribution in [2.24, 2.45) is 0 Å². The number of carboxylic acid groups (broad SMARTS) is 1. The van der Waals surface area contributed by atoms with E-state index in [1.54, 1.807) is 26.8 Å². The molecule has 0 fully saturated rings. The van der Waals surface area contributed by atoms with Gasteiger partial charge in [0.15, 0.2) is 9.76 Å². The number of carbonyl (C=O) groups excluding carboxylic acids is 1. The Morgan fingerprint density at radius 2 is 1.69 bits per heavy atom. The third kappa shape index (κ3) is 5.11. The van der Waals surface area contributed by atoms with E-state index in [9.17, 15) is 14.7 Å². The van der Waals surface area contributed by atoms with Crippen LogP contribution in [0.15, 0.2) is 35.7 Å². The van der Waals surface area contributed by atoms with Crippen molar-refractivity contribution in [1.29, 1.82) is 0 Å². The molecule has 4 rings (SSSR count).